The highest BCUT2D eigenvalue weighted by molar-refractivity contribution is 6.05. The lowest BCUT2D eigenvalue weighted by Crippen LogP contribution is -2.12. The predicted octanol–water partition coefficient (Wildman–Crippen LogP) is 9.83. The molecule has 42 heavy (non-hydrogen) atoms. The Morgan fingerprint density at radius 1 is 0.476 bits per heavy atom. The Hall–Kier alpha value is -5.41. The van der Waals surface area contributed by atoms with Crippen molar-refractivity contribution in [3.05, 3.63) is 168 Å². The molecular formula is C39H34N2O. The third kappa shape index (κ3) is 7.01. The van der Waals surface area contributed by atoms with Crippen molar-refractivity contribution in [2.45, 2.75) is 13.8 Å². The summed E-state index contributed by atoms with van der Waals surface area (Å²) in [5.41, 5.74) is 17.1. The van der Waals surface area contributed by atoms with Crippen LogP contribution in [-0.2, 0) is 0 Å². The number of nitrogens with one attached hydrogen (secondary N) is 1. The van der Waals surface area contributed by atoms with Gasteiger partial charge in [0.15, 0.2) is 0 Å². The van der Waals surface area contributed by atoms with Crippen LogP contribution in [0.25, 0.3) is 33.4 Å². The third-order valence-electron chi connectivity index (χ3n) is 7.21. The molecule has 0 radical (unpaired) electrons. The Morgan fingerprint density at radius 2 is 0.929 bits per heavy atom. The second-order valence-corrected chi connectivity index (χ2v) is 10.2. The predicted molar refractivity (Wildman–Crippen MR) is 177 cm³/mol. The quantitative estimate of drug-likeness (QED) is 0.211. The van der Waals surface area contributed by atoms with Crippen molar-refractivity contribution in [2.75, 3.05) is 11.1 Å². The Bertz CT molecular complexity index is 1780. The topological polar surface area (TPSA) is 55.1 Å². The number of nitrogen functional groups attached to an aromatic ring is 1. The van der Waals surface area contributed by atoms with Crippen LogP contribution in [0, 0.1) is 13.8 Å². The lowest BCUT2D eigenvalue weighted by atomic mass is 10.0. The van der Waals surface area contributed by atoms with Gasteiger partial charge in [0.1, 0.15) is 0 Å². The first-order chi connectivity index (χ1) is 20.5. The smallest absolute Gasteiger partial charge is 0.255 e. The van der Waals surface area contributed by atoms with Crippen molar-refractivity contribution in [2.24, 2.45) is 0 Å². The average molecular weight is 547 g/mol. The van der Waals surface area contributed by atoms with Crippen LogP contribution >= 0.6 is 0 Å². The van der Waals surface area contributed by atoms with Crippen molar-refractivity contribution in [1.29, 1.82) is 0 Å². The van der Waals surface area contributed by atoms with E-state index >= 15 is 0 Å². The number of hydrogen-bond donors (Lipinski definition) is 2. The summed E-state index contributed by atoms with van der Waals surface area (Å²) in [5.74, 6) is -0.105. The summed E-state index contributed by atoms with van der Waals surface area (Å²) < 4.78 is 0. The fourth-order valence-corrected chi connectivity index (χ4v) is 4.68. The summed E-state index contributed by atoms with van der Waals surface area (Å²) in [6.07, 6.45) is 0. The van der Waals surface area contributed by atoms with E-state index in [1.807, 2.05) is 123 Å². The fraction of sp³-hybridized carbons (Fsp3) is 0.0513. The van der Waals surface area contributed by atoms with Gasteiger partial charge in [-0.15, -0.1) is 0 Å². The van der Waals surface area contributed by atoms with E-state index in [2.05, 4.69) is 47.8 Å². The van der Waals surface area contributed by atoms with Crippen molar-refractivity contribution >= 4 is 17.3 Å². The molecule has 0 bridgehead atoms. The molecule has 3 heteroatoms. The van der Waals surface area contributed by atoms with Crippen LogP contribution in [-0.4, -0.2) is 5.91 Å². The normalized spacial score (nSPS) is 10.3. The number of carbonyl (C=O) groups excluding carboxylic acids is 1. The zero-order chi connectivity index (χ0) is 29.3. The standard InChI is InChI=1S/C26H21NO.C13H13N/c1-19-15-16-23(21-11-6-3-7-12-21)18-25(19)27-26(28)24-14-8-13-22(17-24)20-9-4-2-5-10-20;1-10-7-8-12(9-13(10)14)11-5-3-2-4-6-11/h2-18H,1H3,(H,27,28);2-9H,14H2,1H3. The number of rotatable bonds is 5. The van der Waals surface area contributed by atoms with E-state index in [9.17, 15) is 4.79 Å². The molecule has 0 spiro atoms. The Labute approximate surface area is 248 Å². The molecule has 0 heterocycles. The van der Waals surface area contributed by atoms with Crippen LogP contribution in [0.3, 0.4) is 0 Å². The van der Waals surface area contributed by atoms with Gasteiger partial charge in [0.2, 0.25) is 0 Å². The maximum Gasteiger partial charge on any atom is 0.255 e. The van der Waals surface area contributed by atoms with Gasteiger partial charge in [-0.3, -0.25) is 4.79 Å². The van der Waals surface area contributed by atoms with E-state index in [0.29, 0.717) is 5.56 Å². The number of benzene rings is 6. The molecular weight excluding hydrogens is 512 g/mol. The lowest BCUT2D eigenvalue weighted by Gasteiger charge is -2.12. The minimum absolute atomic E-state index is 0.105. The molecule has 0 saturated carbocycles. The third-order valence-corrected chi connectivity index (χ3v) is 7.21. The average Bonchev–Trinajstić information content (AvgIpc) is 3.05. The Kier molecular flexibility index (Phi) is 8.91. The van der Waals surface area contributed by atoms with E-state index in [4.69, 9.17) is 5.73 Å². The molecule has 206 valence electrons. The van der Waals surface area contributed by atoms with Crippen LogP contribution in [0.2, 0.25) is 0 Å². The SMILES string of the molecule is Cc1ccc(-c2ccccc2)cc1N.Cc1ccc(-c2ccccc2)cc1NC(=O)c1cccc(-c2ccccc2)c1. The number of aryl methyl sites for hydroxylation is 2. The molecule has 6 rings (SSSR count). The number of hydrogen-bond acceptors (Lipinski definition) is 2. The van der Waals surface area contributed by atoms with Crippen LogP contribution in [0.4, 0.5) is 11.4 Å². The molecule has 0 saturated heterocycles. The van der Waals surface area contributed by atoms with Crippen molar-refractivity contribution < 1.29 is 4.79 Å². The van der Waals surface area contributed by atoms with Gasteiger partial charge in [-0.1, -0.05) is 127 Å². The maximum absolute atomic E-state index is 12.9. The van der Waals surface area contributed by atoms with Gasteiger partial charge in [-0.05, 0) is 82.6 Å². The summed E-state index contributed by atoms with van der Waals surface area (Å²) in [4.78, 5) is 12.9. The monoisotopic (exact) mass is 546 g/mol. The summed E-state index contributed by atoms with van der Waals surface area (Å²) in [6.45, 7) is 4.02. The maximum atomic E-state index is 12.9. The van der Waals surface area contributed by atoms with E-state index in [1.165, 1.54) is 11.1 Å². The molecule has 0 aliphatic carbocycles. The van der Waals surface area contributed by atoms with Crippen LogP contribution < -0.4 is 11.1 Å². The van der Waals surface area contributed by atoms with E-state index < -0.39 is 0 Å². The second kappa shape index (κ2) is 13.3. The second-order valence-electron chi connectivity index (χ2n) is 10.2. The molecule has 6 aromatic rings. The zero-order valence-corrected chi connectivity index (χ0v) is 23.9. The fourth-order valence-electron chi connectivity index (χ4n) is 4.68. The van der Waals surface area contributed by atoms with Crippen LogP contribution in [0.5, 0.6) is 0 Å². The van der Waals surface area contributed by atoms with Gasteiger partial charge >= 0.3 is 0 Å². The highest BCUT2D eigenvalue weighted by Crippen LogP contribution is 2.27. The highest BCUT2D eigenvalue weighted by Gasteiger charge is 2.10. The lowest BCUT2D eigenvalue weighted by molar-refractivity contribution is 0.102. The largest absolute Gasteiger partial charge is 0.398 e. The van der Waals surface area contributed by atoms with Gasteiger partial charge in [0.25, 0.3) is 5.91 Å². The highest BCUT2D eigenvalue weighted by atomic mass is 16.1. The van der Waals surface area contributed by atoms with E-state index in [1.54, 1.807) is 0 Å². The molecule has 0 aliphatic rings. The van der Waals surface area contributed by atoms with Gasteiger partial charge in [0.05, 0.1) is 0 Å². The molecule has 0 aliphatic heterocycles. The first kappa shape index (κ1) is 28.1. The Balaban J connectivity index is 0.000000211. The van der Waals surface area contributed by atoms with Crippen LogP contribution in [0.1, 0.15) is 21.5 Å². The number of amides is 1. The molecule has 3 nitrogen and oxygen atoms in total. The summed E-state index contributed by atoms with van der Waals surface area (Å²) >= 11 is 0. The molecule has 1 amide bonds. The minimum Gasteiger partial charge on any atom is -0.398 e. The molecule has 0 atom stereocenters. The molecule has 0 fully saturated rings. The van der Waals surface area contributed by atoms with Crippen molar-refractivity contribution in [1.82, 2.24) is 0 Å². The zero-order valence-electron chi connectivity index (χ0n) is 23.9. The Morgan fingerprint density at radius 3 is 1.45 bits per heavy atom. The van der Waals surface area contributed by atoms with Crippen LogP contribution in [0.15, 0.2) is 152 Å². The molecule has 3 N–H and O–H groups in total. The van der Waals surface area contributed by atoms with E-state index in [0.717, 1.165) is 44.8 Å². The van der Waals surface area contributed by atoms with Crippen molar-refractivity contribution in [3.8, 4) is 33.4 Å². The van der Waals surface area contributed by atoms with Gasteiger partial charge < -0.3 is 11.1 Å². The number of nitrogens with two attached hydrogens (primary N) is 1. The summed E-state index contributed by atoms with van der Waals surface area (Å²) in [5, 5.41) is 3.08. The number of anilines is 2. The molecule has 0 aromatic heterocycles. The van der Waals surface area contributed by atoms with Gasteiger partial charge in [-0.2, -0.15) is 0 Å². The molecule has 6 aromatic carbocycles. The van der Waals surface area contributed by atoms with Gasteiger partial charge in [-0.25, -0.2) is 0 Å². The molecule has 0 unspecified atom stereocenters. The van der Waals surface area contributed by atoms with Gasteiger partial charge in [0, 0.05) is 16.9 Å². The minimum atomic E-state index is -0.105. The first-order valence-corrected chi connectivity index (χ1v) is 14.0. The summed E-state index contributed by atoms with van der Waals surface area (Å²) in [6, 6.07) is 50.5. The summed E-state index contributed by atoms with van der Waals surface area (Å²) in [7, 11) is 0. The van der Waals surface area contributed by atoms with Crippen molar-refractivity contribution in [3.63, 3.8) is 0 Å². The first-order valence-electron chi connectivity index (χ1n) is 14.0. The number of carbonyl (C=O) groups is 1. The van der Waals surface area contributed by atoms with E-state index in [-0.39, 0.29) is 5.91 Å².